The van der Waals surface area contributed by atoms with Gasteiger partial charge >= 0.3 is 0 Å². The topological polar surface area (TPSA) is 45.3 Å². The van der Waals surface area contributed by atoms with Crippen molar-refractivity contribution in [1.82, 2.24) is 10.9 Å². The Labute approximate surface area is 107 Å². The van der Waals surface area contributed by atoms with Gasteiger partial charge in [-0.25, -0.2) is 0 Å². The molecule has 3 N–H and O–H groups in total. The van der Waals surface area contributed by atoms with E-state index in [0.29, 0.717) is 13.1 Å². The minimum atomic E-state index is 0.121. The molecule has 1 saturated heterocycles. The Kier molecular flexibility index (Phi) is 4.92. The van der Waals surface area contributed by atoms with E-state index in [1.807, 2.05) is 12.1 Å². The van der Waals surface area contributed by atoms with Crippen molar-refractivity contribution in [2.75, 3.05) is 31.5 Å². The highest BCUT2D eigenvalue weighted by Crippen LogP contribution is 2.22. The number of halogens is 1. The summed E-state index contributed by atoms with van der Waals surface area (Å²) in [6, 6.07) is 8.09. The van der Waals surface area contributed by atoms with Crippen LogP contribution in [0.3, 0.4) is 0 Å². The Bertz CT molecular complexity index is 358. The average Bonchev–Trinajstić information content (AvgIpc) is 2.40. The summed E-state index contributed by atoms with van der Waals surface area (Å²) in [6.45, 7) is 4.69. The summed E-state index contributed by atoms with van der Waals surface area (Å²) in [5.74, 6) is 0. The first-order valence-corrected chi connectivity index (χ1v) is 6.33. The lowest BCUT2D eigenvalue weighted by Gasteiger charge is -2.29. The van der Waals surface area contributed by atoms with E-state index >= 15 is 0 Å². The van der Waals surface area contributed by atoms with Crippen LogP contribution < -0.4 is 16.2 Å². The van der Waals surface area contributed by atoms with Crippen LogP contribution in [0.4, 0.5) is 10.2 Å². The van der Waals surface area contributed by atoms with Crippen LogP contribution >= 0.6 is 0 Å². The molecule has 0 radical (unpaired) electrons. The number of anilines is 1. The lowest BCUT2D eigenvalue weighted by molar-refractivity contribution is -0.0287. The number of hydrogen-bond donors (Lipinski definition) is 3. The van der Waals surface area contributed by atoms with Crippen molar-refractivity contribution in [3.63, 3.8) is 0 Å². The van der Waals surface area contributed by atoms with E-state index < -0.39 is 0 Å². The maximum atomic E-state index is 11.7. The van der Waals surface area contributed by atoms with Gasteiger partial charge in [0, 0.05) is 31.9 Å². The number of ether oxygens (including phenoxy) is 1. The number of nitrogens with one attached hydrogen (secondary N) is 3. The summed E-state index contributed by atoms with van der Waals surface area (Å²) in [5.41, 5.74) is 3.78. The first-order chi connectivity index (χ1) is 8.79. The normalized spacial score (nSPS) is 23.9. The summed E-state index contributed by atoms with van der Waals surface area (Å²) in [7, 11) is 0. The standard InChI is InChI=1S/C13H20FN3O/c1-10-8-15-9-13(18-10)11-2-4-12(5-3-11)16-6-7-17-14/h2-5,10,13,15-17H,6-9H2,1H3/t10-,13-/m1/s1. The summed E-state index contributed by atoms with van der Waals surface area (Å²) < 4.78 is 17.6. The van der Waals surface area contributed by atoms with Crippen molar-refractivity contribution in [2.24, 2.45) is 0 Å². The molecule has 1 aromatic carbocycles. The van der Waals surface area contributed by atoms with Gasteiger partial charge in [0.15, 0.2) is 0 Å². The van der Waals surface area contributed by atoms with Gasteiger partial charge in [-0.1, -0.05) is 12.1 Å². The van der Waals surface area contributed by atoms with Crippen molar-refractivity contribution in [1.29, 1.82) is 0 Å². The molecule has 4 nitrogen and oxygen atoms in total. The van der Waals surface area contributed by atoms with Crippen LogP contribution in [0.1, 0.15) is 18.6 Å². The molecule has 0 spiro atoms. The molecule has 0 bridgehead atoms. The molecule has 0 aliphatic carbocycles. The molecule has 2 rings (SSSR count). The maximum absolute atomic E-state index is 11.7. The fraction of sp³-hybridized carbons (Fsp3) is 0.538. The number of morpholine rings is 1. The number of hydrogen-bond acceptors (Lipinski definition) is 4. The second kappa shape index (κ2) is 6.68. The number of benzene rings is 1. The van der Waals surface area contributed by atoms with Crippen LogP contribution in [0.15, 0.2) is 24.3 Å². The number of rotatable bonds is 5. The van der Waals surface area contributed by atoms with Crippen molar-refractivity contribution in [2.45, 2.75) is 19.1 Å². The lowest BCUT2D eigenvalue weighted by Crippen LogP contribution is -2.38. The van der Waals surface area contributed by atoms with Gasteiger partial charge in [0.25, 0.3) is 0 Å². The van der Waals surface area contributed by atoms with Gasteiger partial charge in [-0.3, -0.25) is 0 Å². The molecule has 1 heterocycles. The van der Waals surface area contributed by atoms with Crippen molar-refractivity contribution >= 4 is 5.69 Å². The monoisotopic (exact) mass is 253 g/mol. The molecule has 1 aliphatic heterocycles. The molecular formula is C13H20FN3O. The van der Waals surface area contributed by atoms with E-state index in [1.165, 1.54) is 5.56 Å². The highest BCUT2D eigenvalue weighted by atomic mass is 19.2. The third kappa shape index (κ3) is 3.66. The van der Waals surface area contributed by atoms with E-state index in [9.17, 15) is 4.48 Å². The molecule has 0 aromatic heterocycles. The van der Waals surface area contributed by atoms with Crippen LogP contribution in [-0.2, 0) is 4.74 Å². The predicted molar refractivity (Wildman–Crippen MR) is 70.2 cm³/mol. The molecule has 0 saturated carbocycles. The highest BCUT2D eigenvalue weighted by Gasteiger charge is 2.19. The Morgan fingerprint density at radius 1 is 1.28 bits per heavy atom. The van der Waals surface area contributed by atoms with Gasteiger partial charge < -0.3 is 15.4 Å². The van der Waals surface area contributed by atoms with Crippen molar-refractivity contribution < 1.29 is 9.22 Å². The third-order valence-corrected chi connectivity index (χ3v) is 2.99. The van der Waals surface area contributed by atoms with Crippen molar-refractivity contribution in [3.05, 3.63) is 29.8 Å². The van der Waals surface area contributed by atoms with E-state index in [-0.39, 0.29) is 12.2 Å². The Morgan fingerprint density at radius 3 is 2.72 bits per heavy atom. The van der Waals surface area contributed by atoms with Crippen LogP contribution in [-0.4, -0.2) is 32.3 Å². The van der Waals surface area contributed by atoms with Gasteiger partial charge in [-0.2, -0.15) is 5.54 Å². The van der Waals surface area contributed by atoms with E-state index in [4.69, 9.17) is 4.74 Å². The summed E-state index contributed by atoms with van der Waals surface area (Å²) >= 11 is 0. The molecular weight excluding hydrogens is 233 g/mol. The Morgan fingerprint density at radius 2 is 2.06 bits per heavy atom. The first kappa shape index (κ1) is 13.3. The van der Waals surface area contributed by atoms with Gasteiger partial charge in [0.1, 0.15) is 0 Å². The van der Waals surface area contributed by atoms with E-state index in [2.05, 4.69) is 29.7 Å². The molecule has 100 valence electrons. The molecule has 5 heteroatoms. The van der Waals surface area contributed by atoms with Gasteiger partial charge in [-0.15, -0.1) is 4.48 Å². The fourth-order valence-electron chi connectivity index (χ4n) is 2.06. The second-order valence-corrected chi connectivity index (χ2v) is 4.53. The minimum Gasteiger partial charge on any atom is -0.384 e. The second-order valence-electron chi connectivity index (χ2n) is 4.53. The smallest absolute Gasteiger partial charge is 0.0953 e. The van der Waals surface area contributed by atoms with Crippen LogP contribution in [0, 0.1) is 0 Å². The highest BCUT2D eigenvalue weighted by molar-refractivity contribution is 5.45. The van der Waals surface area contributed by atoms with Crippen LogP contribution in [0.2, 0.25) is 0 Å². The molecule has 1 aliphatic rings. The third-order valence-electron chi connectivity index (χ3n) is 2.99. The summed E-state index contributed by atoms with van der Waals surface area (Å²) in [6.07, 6.45) is 0.368. The molecule has 2 atom stereocenters. The van der Waals surface area contributed by atoms with Gasteiger partial charge in [0.05, 0.1) is 12.2 Å². The molecule has 1 aromatic rings. The van der Waals surface area contributed by atoms with Crippen LogP contribution in [0.5, 0.6) is 0 Å². The SMILES string of the molecule is C[C@@H]1CNC[C@H](c2ccc(NCCNF)cc2)O1. The largest absolute Gasteiger partial charge is 0.384 e. The zero-order valence-electron chi connectivity index (χ0n) is 10.6. The van der Waals surface area contributed by atoms with Crippen LogP contribution in [0.25, 0.3) is 0 Å². The van der Waals surface area contributed by atoms with E-state index in [1.54, 1.807) is 5.54 Å². The maximum Gasteiger partial charge on any atom is 0.0953 e. The molecule has 0 amide bonds. The zero-order chi connectivity index (χ0) is 12.8. The average molecular weight is 253 g/mol. The predicted octanol–water partition coefficient (Wildman–Crippen LogP) is 1.62. The molecule has 18 heavy (non-hydrogen) atoms. The minimum absolute atomic E-state index is 0.121. The summed E-state index contributed by atoms with van der Waals surface area (Å²) in [4.78, 5) is 0. The van der Waals surface area contributed by atoms with Gasteiger partial charge in [0.2, 0.25) is 0 Å². The Balaban J connectivity index is 1.90. The fourth-order valence-corrected chi connectivity index (χ4v) is 2.06. The first-order valence-electron chi connectivity index (χ1n) is 6.33. The Hall–Kier alpha value is -1.17. The zero-order valence-corrected chi connectivity index (χ0v) is 10.6. The van der Waals surface area contributed by atoms with E-state index in [0.717, 1.165) is 18.8 Å². The lowest BCUT2D eigenvalue weighted by atomic mass is 10.1. The van der Waals surface area contributed by atoms with Gasteiger partial charge in [-0.05, 0) is 24.6 Å². The molecule has 0 unspecified atom stereocenters. The molecule has 1 fully saturated rings. The van der Waals surface area contributed by atoms with Crippen molar-refractivity contribution in [3.8, 4) is 0 Å². The quantitative estimate of drug-likeness (QED) is 0.551. The summed E-state index contributed by atoms with van der Waals surface area (Å²) in [5, 5.41) is 6.47.